The number of benzene rings is 8. The van der Waals surface area contributed by atoms with E-state index in [0.29, 0.717) is 0 Å². The van der Waals surface area contributed by atoms with Crippen LogP contribution in [-0.4, -0.2) is 9.13 Å². The van der Waals surface area contributed by atoms with Crippen LogP contribution in [0.1, 0.15) is 25.3 Å². The van der Waals surface area contributed by atoms with Gasteiger partial charge in [-0.2, -0.15) is 0 Å². The summed E-state index contributed by atoms with van der Waals surface area (Å²) in [4.78, 5) is 0. The van der Waals surface area contributed by atoms with Crippen molar-refractivity contribution in [3.63, 3.8) is 0 Å². The van der Waals surface area contributed by atoms with Crippen LogP contribution < -0.4 is 0 Å². The van der Waals surface area contributed by atoms with Gasteiger partial charge in [-0.05, 0) is 113 Å². The summed E-state index contributed by atoms with van der Waals surface area (Å²) in [5.74, 6) is 0. The van der Waals surface area contributed by atoms with E-state index in [1.54, 1.807) is 0 Å². The first-order valence-electron chi connectivity index (χ1n) is 18.7. The first-order chi connectivity index (χ1) is 26.2. The van der Waals surface area contributed by atoms with Gasteiger partial charge in [0.25, 0.3) is 0 Å². The Kier molecular flexibility index (Phi) is 6.66. The Bertz CT molecular complexity index is 3230. The third-order valence-corrected chi connectivity index (χ3v) is 11.3. The fourth-order valence-electron chi connectivity index (χ4n) is 8.67. The zero-order chi connectivity index (χ0) is 35.0. The molecule has 11 aromatic rings. The molecule has 3 aromatic heterocycles. The van der Waals surface area contributed by atoms with Crippen molar-refractivity contribution in [2.24, 2.45) is 0 Å². The molecule has 3 heterocycles. The molecule has 252 valence electrons. The van der Waals surface area contributed by atoms with E-state index in [9.17, 15) is 0 Å². The second-order valence-corrected chi connectivity index (χ2v) is 14.4. The fourth-order valence-corrected chi connectivity index (χ4v) is 8.67. The van der Waals surface area contributed by atoms with Crippen molar-refractivity contribution in [2.75, 3.05) is 0 Å². The lowest BCUT2D eigenvalue weighted by Crippen LogP contribution is -1.94. The number of unbranched alkanes of at least 4 members (excludes halogenated alkanes) is 1. The molecule has 0 unspecified atom stereocenters. The first kappa shape index (κ1) is 30.1. The SMILES string of the molecule is CCCCc1ccc2cc(-n3c4ccccc4c4cc(-c5ccc6c(c5)c5ccccc5n6-c5ccc6oc7ccccc7c6c5)ccc43)ccc2c1. The predicted molar refractivity (Wildman–Crippen MR) is 224 cm³/mol. The van der Waals surface area contributed by atoms with Gasteiger partial charge in [-0.25, -0.2) is 0 Å². The molecule has 3 heteroatoms. The highest BCUT2D eigenvalue weighted by atomic mass is 16.3. The third-order valence-electron chi connectivity index (χ3n) is 11.3. The number of hydrogen-bond donors (Lipinski definition) is 0. The van der Waals surface area contributed by atoms with E-state index in [4.69, 9.17) is 4.42 Å². The van der Waals surface area contributed by atoms with Gasteiger partial charge in [-0.15, -0.1) is 0 Å². The molecule has 0 radical (unpaired) electrons. The van der Waals surface area contributed by atoms with E-state index in [-0.39, 0.29) is 0 Å². The van der Waals surface area contributed by atoms with Gasteiger partial charge in [-0.1, -0.05) is 104 Å². The largest absolute Gasteiger partial charge is 0.456 e. The van der Waals surface area contributed by atoms with Crippen molar-refractivity contribution in [3.05, 3.63) is 169 Å². The van der Waals surface area contributed by atoms with Crippen molar-refractivity contribution in [3.8, 4) is 22.5 Å². The van der Waals surface area contributed by atoms with Crippen LogP contribution in [0.2, 0.25) is 0 Å². The van der Waals surface area contributed by atoms with Gasteiger partial charge in [0.2, 0.25) is 0 Å². The highest BCUT2D eigenvalue weighted by molar-refractivity contribution is 6.13. The molecule has 53 heavy (non-hydrogen) atoms. The zero-order valence-corrected chi connectivity index (χ0v) is 29.5. The van der Waals surface area contributed by atoms with Crippen LogP contribution in [0.3, 0.4) is 0 Å². The Morgan fingerprint density at radius 2 is 0.962 bits per heavy atom. The molecular weight excluding hydrogens is 645 g/mol. The van der Waals surface area contributed by atoms with Crippen LogP contribution in [-0.2, 0) is 6.42 Å². The molecule has 0 bridgehead atoms. The third kappa shape index (κ3) is 4.67. The van der Waals surface area contributed by atoms with Crippen LogP contribution in [0.25, 0.3) is 98.8 Å². The number of para-hydroxylation sites is 3. The lowest BCUT2D eigenvalue weighted by Gasteiger charge is -2.11. The summed E-state index contributed by atoms with van der Waals surface area (Å²) in [5, 5.41) is 9.86. The quantitative estimate of drug-likeness (QED) is 0.171. The zero-order valence-electron chi connectivity index (χ0n) is 29.5. The Morgan fingerprint density at radius 1 is 0.415 bits per heavy atom. The maximum absolute atomic E-state index is 6.17. The molecule has 0 amide bonds. The average Bonchev–Trinajstić information content (AvgIpc) is 3.86. The van der Waals surface area contributed by atoms with Gasteiger partial charge in [0.1, 0.15) is 11.2 Å². The maximum Gasteiger partial charge on any atom is 0.135 e. The second-order valence-electron chi connectivity index (χ2n) is 14.4. The van der Waals surface area contributed by atoms with Crippen LogP contribution >= 0.6 is 0 Å². The molecule has 3 nitrogen and oxygen atoms in total. The summed E-state index contributed by atoms with van der Waals surface area (Å²) in [7, 11) is 0. The highest BCUT2D eigenvalue weighted by Gasteiger charge is 2.17. The molecule has 0 saturated heterocycles. The Balaban J connectivity index is 1.05. The lowest BCUT2D eigenvalue weighted by atomic mass is 10.0. The fraction of sp³-hybridized carbons (Fsp3) is 0.0800. The Hall–Kier alpha value is -6.58. The van der Waals surface area contributed by atoms with Crippen molar-refractivity contribution in [1.29, 1.82) is 0 Å². The first-order valence-corrected chi connectivity index (χ1v) is 18.7. The van der Waals surface area contributed by atoms with E-state index < -0.39 is 0 Å². The number of furan rings is 1. The van der Waals surface area contributed by atoms with Gasteiger partial charge >= 0.3 is 0 Å². The molecule has 0 aliphatic heterocycles. The number of nitrogens with zero attached hydrogens (tertiary/aromatic N) is 2. The standard InChI is InChI=1S/C50H36N2O/c1-2-3-10-32-17-18-34-28-37(22-19-33(34)27-32)51-45-14-7-4-11-39(45)42-29-35(20-24-47(42)51)36-21-25-48-43(30-36)40-12-5-8-15-46(40)52(48)38-23-26-50-44(31-38)41-13-6-9-16-49(41)53-50/h4-9,11-31H,2-3,10H2,1H3. The van der Waals surface area contributed by atoms with E-state index >= 15 is 0 Å². The normalized spacial score (nSPS) is 12.1. The van der Waals surface area contributed by atoms with E-state index in [0.717, 1.165) is 34.0 Å². The lowest BCUT2D eigenvalue weighted by molar-refractivity contribution is 0.669. The molecule has 0 spiro atoms. The summed E-state index contributed by atoms with van der Waals surface area (Å²) >= 11 is 0. The average molecular weight is 681 g/mol. The van der Waals surface area contributed by atoms with E-state index in [2.05, 4.69) is 168 Å². The van der Waals surface area contributed by atoms with E-state index in [1.165, 1.54) is 89.6 Å². The second kappa shape index (κ2) is 11.7. The van der Waals surface area contributed by atoms with Gasteiger partial charge < -0.3 is 13.6 Å². The molecule has 0 N–H and O–H groups in total. The number of rotatable bonds is 6. The Labute approximate surface area is 306 Å². The molecule has 0 fully saturated rings. The highest BCUT2D eigenvalue weighted by Crippen LogP contribution is 2.39. The number of aryl methyl sites for hydroxylation is 1. The minimum Gasteiger partial charge on any atom is -0.456 e. The predicted octanol–water partition coefficient (Wildman–Crippen LogP) is 13.9. The van der Waals surface area contributed by atoms with Gasteiger partial charge in [-0.3, -0.25) is 0 Å². The van der Waals surface area contributed by atoms with E-state index in [1.807, 2.05) is 12.1 Å². The number of fused-ring (bicyclic) bond motifs is 10. The smallest absolute Gasteiger partial charge is 0.135 e. The molecule has 0 aliphatic rings. The number of aromatic nitrogens is 2. The molecule has 8 aromatic carbocycles. The topological polar surface area (TPSA) is 23.0 Å². The molecular formula is C50H36N2O. The molecule has 0 aliphatic carbocycles. The molecule has 0 atom stereocenters. The summed E-state index contributed by atoms with van der Waals surface area (Å²) in [6.45, 7) is 2.26. The summed E-state index contributed by atoms with van der Waals surface area (Å²) in [5.41, 5.74) is 12.8. The Morgan fingerprint density at radius 3 is 1.66 bits per heavy atom. The van der Waals surface area contributed by atoms with Crippen LogP contribution in [0.15, 0.2) is 168 Å². The maximum atomic E-state index is 6.17. The minimum absolute atomic E-state index is 0.909. The minimum atomic E-state index is 0.909. The van der Waals surface area contributed by atoms with Crippen LogP contribution in [0.5, 0.6) is 0 Å². The summed E-state index contributed by atoms with van der Waals surface area (Å²) in [6.07, 6.45) is 3.58. The molecule has 11 rings (SSSR count). The summed E-state index contributed by atoms with van der Waals surface area (Å²) in [6, 6.07) is 60.2. The van der Waals surface area contributed by atoms with Crippen molar-refractivity contribution < 1.29 is 4.42 Å². The van der Waals surface area contributed by atoms with Crippen molar-refractivity contribution >= 4 is 76.3 Å². The monoisotopic (exact) mass is 680 g/mol. The van der Waals surface area contributed by atoms with Crippen LogP contribution in [0, 0.1) is 0 Å². The van der Waals surface area contributed by atoms with Crippen molar-refractivity contribution in [2.45, 2.75) is 26.2 Å². The van der Waals surface area contributed by atoms with Gasteiger partial charge in [0, 0.05) is 43.7 Å². The van der Waals surface area contributed by atoms with Gasteiger partial charge in [0.15, 0.2) is 0 Å². The van der Waals surface area contributed by atoms with Crippen molar-refractivity contribution in [1.82, 2.24) is 9.13 Å². The van der Waals surface area contributed by atoms with Gasteiger partial charge in [0.05, 0.1) is 22.1 Å². The number of hydrogen-bond acceptors (Lipinski definition) is 1. The van der Waals surface area contributed by atoms with Crippen LogP contribution in [0.4, 0.5) is 0 Å². The summed E-state index contributed by atoms with van der Waals surface area (Å²) < 4.78 is 11.0. The molecule has 0 saturated carbocycles.